The molecule has 0 bridgehead atoms. The molecule has 0 aromatic heterocycles. The van der Waals surface area contributed by atoms with Crippen molar-refractivity contribution in [3.63, 3.8) is 0 Å². The summed E-state index contributed by atoms with van der Waals surface area (Å²) in [6, 6.07) is 5.50. The van der Waals surface area contributed by atoms with E-state index in [2.05, 4.69) is 0 Å². The second kappa shape index (κ2) is 4.24. The lowest BCUT2D eigenvalue weighted by molar-refractivity contribution is -0.103. The molecule has 0 N–H and O–H groups in total. The third-order valence-corrected chi connectivity index (χ3v) is 2.77. The van der Waals surface area contributed by atoms with Gasteiger partial charge in [-0.3, -0.25) is 4.79 Å². The predicted octanol–water partition coefficient (Wildman–Crippen LogP) is 2.70. The van der Waals surface area contributed by atoms with Crippen LogP contribution in [0.25, 0.3) is 5.57 Å². The normalized spacial score (nSPS) is 17.2. The summed E-state index contributed by atoms with van der Waals surface area (Å²) >= 11 is 0. The van der Waals surface area contributed by atoms with E-state index in [1.807, 2.05) is 38.1 Å². The molecule has 90 valence electrons. The summed E-state index contributed by atoms with van der Waals surface area (Å²) in [5.41, 5.74) is 1.30. The lowest BCUT2D eigenvalue weighted by Crippen LogP contribution is -2.17. The molecule has 1 aliphatic rings. The molecule has 2 rings (SSSR count). The molecule has 0 atom stereocenters. The highest BCUT2D eigenvalue weighted by atomic mass is 16.5. The minimum atomic E-state index is -0.150. The number of rotatable bonds is 2. The third-order valence-electron chi connectivity index (χ3n) is 2.77. The molecular weight excluding hydrogens is 216 g/mol. The Kier molecular flexibility index (Phi) is 2.92. The fraction of sp³-hybridized carbons (Fsp3) is 0.357. The summed E-state index contributed by atoms with van der Waals surface area (Å²) in [5.74, 6) is 1.45. The van der Waals surface area contributed by atoms with Gasteiger partial charge in [0.25, 0.3) is 0 Å². The van der Waals surface area contributed by atoms with Crippen LogP contribution in [0.2, 0.25) is 0 Å². The molecule has 1 aromatic carbocycles. The first kappa shape index (κ1) is 11.7. The van der Waals surface area contributed by atoms with Crippen LogP contribution in [0.3, 0.4) is 0 Å². The molecule has 0 amide bonds. The van der Waals surface area contributed by atoms with E-state index in [4.69, 9.17) is 9.47 Å². The van der Waals surface area contributed by atoms with E-state index in [1.165, 1.54) is 0 Å². The van der Waals surface area contributed by atoms with Crippen molar-refractivity contribution in [2.24, 2.45) is 5.41 Å². The van der Waals surface area contributed by atoms with Gasteiger partial charge >= 0.3 is 0 Å². The van der Waals surface area contributed by atoms with Crippen molar-refractivity contribution in [1.82, 2.24) is 0 Å². The van der Waals surface area contributed by atoms with E-state index >= 15 is 0 Å². The Bertz CT molecular complexity index is 472. The number of carbonyl (C=O) groups excluding carboxylic acids is 1. The van der Waals surface area contributed by atoms with Crippen LogP contribution in [0.15, 0.2) is 24.3 Å². The van der Waals surface area contributed by atoms with Gasteiger partial charge in [-0.25, -0.2) is 0 Å². The number of fused-ring (bicyclic) bond motifs is 1. The summed E-state index contributed by atoms with van der Waals surface area (Å²) in [6.45, 7) is 4.64. The first-order valence-corrected chi connectivity index (χ1v) is 5.55. The van der Waals surface area contributed by atoms with Crippen LogP contribution >= 0.6 is 0 Å². The molecule has 0 saturated heterocycles. The maximum absolute atomic E-state index is 11.2. The van der Waals surface area contributed by atoms with Gasteiger partial charge in [0.2, 0.25) is 0 Å². The van der Waals surface area contributed by atoms with Gasteiger partial charge in [-0.1, -0.05) is 19.9 Å². The topological polar surface area (TPSA) is 35.5 Å². The van der Waals surface area contributed by atoms with Crippen LogP contribution in [0.4, 0.5) is 0 Å². The fourth-order valence-electron chi connectivity index (χ4n) is 1.89. The van der Waals surface area contributed by atoms with Crippen molar-refractivity contribution in [2.75, 3.05) is 13.7 Å². The molecule has 1 heterocycles. The average Bonchev–Trinajstić information content (AvgIpc) is 2.45. The Morgan fingerprint density at radius 3 is 2.82 bits per heavy atom. The molecule has 0 spiro atoms. The molecule has 1 aliphatic heterocycles. The summed E-state index contributed by atoms with van der Waals surface area (Å²) in [7, 11) is 1.60. The minimum absolute atomic E-state index is 0.150. The van der Waals surface area contributed by atoms with Crippen molar-refractivity contribution in [3.8, 4) is 11.5 Å². The first-order chi connectivity index (χ1) is 8.05. The third kappa shape index (κ3) is 2.33. The Balaban J connectivity index is 2.56. The number of carbonyl (C=O) groups is 1. The molecule has 3 nitrogen and oxygen atoms in total. The van der Waals surface area contributed by atoms with E-state index in [0.717, 1.165) is 23.3 Å². The molecule has 0 fully saturated rings. The maximum atomic E-state index is 11.2. The van der Waals surface area contributed by atoms with Crippen LogP contribution in [0.5, 0.6) is 11.5 Å². The molecular formula is C14H16O3. The van der Waals surface area contributed by atoms with Gasteiger partial charge in [-0.2, -0.15) is 0 Å². The number of aldehydes is 1. The lowest BCUT2D eigenvalue weighted by atomic mass is 9.91. The highest BCUT2D eigenvalue weighted by Crippen LogP contribution is 2.36. The number of ether oxygens (including phenoxy) is 2. The molecule has 3 heteroatoms. The van der Waals surface area contributed by atoms with E-state index in [1.54, 1.807) is 7.11 Å². The first-order valence-electron chi connectivity index (χ1n) is 5.55. The summed E-state index contributed by atoms with van der Waals surface area (Å²) in [6.07, 6.45) is 2.82. The quantitative estimate of drug-likeness (QED) is 0.735. The van der Waals surface area contributed by atoms with Gasteiger partial charge in [-0.15, -0.1) is 0 Å². The largest absolute Gasteiger partial charge is 0.497 e. The highest BCUT2D eigenvalue weighted by Gasteiger charge is 2.23. The molecule has 0 radical (unpaired) electrons. The second-order valence-electron chi connectivity index (χ2n) is 4.86. The maximum Gasteiger partial charge on any atom is 0.150 e. The zero-order valence-corrected chi connectivity index (χ0v) is 10.3. The molecule has 0 saturated carbocycles. The van der Waals surface area contributed by atoms with Crippen molar-refractivity contribution < 1.29 is 14.3 Å². The Hall–Kier alpha value is -1.77. The molecule has 0 aliphatic carbocycles. The van der Waals surface area contributed by atoms with Crippen LogP contribution in [-0.4, -0.2) is 20.0 Å². The van der Waals surface area contributed by atoms with E-state index in [-0.39, 0.29) is 5.41 Å². The standard InChI is InChI=1S/C14H16O3/c1-14(2)7-10(8-15)12-6-11(16-3)4-5-13(12)17-9-14/h4-8H,9H2,1-3H3. The smallest absolute Gasteiger partial charge is 0.150 e. The number of methoxy groups -OCH3 is 1. The minimum Gasteiger partial charge on any atom is -0.497 e. The van der Waals surface area contributed by atoms with Crippen LogP contribution < -0.4 is 9.47 Å². The van der Waals surface area contributed by atoms with Gasteiger partial charge < -0.3 is 9.47 Å². The lowest BCUT2D eigenvalue weighted by Gasteiger charge is -2.18. The van der Waals surface area contributed by atoms with Gasteiger partial charge in [0.05, 0.1) is 13.7 Å². The zero-order valence-electron chi connectivity index (χ0n) is 10.3. The molecule has 0 unspecified atom stereocenters. The van der Waals surface area contributed by atoms with E-state index in [9.17, 15) is 4.79 Å². The summed E-state index contributed by atoms with van der Waals surface area (Å²) < 4.78 is 10.9. The van der Waals surface area contributed by atoms with E-state index in [0.29, 0.717) is 12.2 Å². The number of benzene rings is 1. The van der Waals surface area contributed by atoms with Crippen molar-refractivity contribution in [2.45, 2.75) is 13.8 Å². The Morgan fingerprint density at radius 2 is 2.18 bits per heavy atom. The second-order valence-corrected chi connectivity index (χ2v) is 4.86. The van der Waals surface area contributed by atoms with Gasteiger partial charge in [0.15, 0.2) is 0 Å². The zero-order chi connectivity index (χ0) is 12.5. The van der Waals surface area contributed by atoms with Crippen LogP contribution in [0.1, 0.15) is 19.4 Å². The molecule has 1 aromatic rings. The Morgan fingerprint density at radius 1 is 1.41 bits per heavy atom. The van der Waals surface area contributed by atoms with Crippen molar-refractivity contribution >= 4 is 11.9 Å². The van der Waals surface area contributed by atoms with Crippen LogP contribution in [-0.2, 0) is 4.79 Å². The van der Waals surface area contributed by atoms with Gasteiger partial charge in [0.1, 0.15) is 17.8 Å². The highest BCUT2D eigenvalue weighted by molar-refractivity contribution is 6.08. The van der Waals surface area contributed by atoms with Gasteiger partial charge in [-0.05, 0) is 18.2 Å². The predicted molar refractivity (Wildman–Crippen MR) is 66.3 cm³/mol. The van der Waals surface area contributed by atoms with Crippen LogP contribution in [0, 0.1) is 5.41 Å². The number of hydrogen-bond donors (Lipinski definition) is 0. The summed E-state index contributed by atoms with van der Waals surface area (Å²) in [5, 5.41) is 0. The molecule has 17 heavy (non-hydrogen) atoms. The summed E-state index contributed by atoms with van der Waals surface area (Å²) in [4.78, 5) is 11.2. The van der Waals surface area contributed by atoms with Gasteiger partial charge in [0, 0.05) is 16.6 Å². The van der Waals surface area contributed by atoms with Crippen molar-refractivity contribution in [1.29, 1.82) is 0 Å². The SMILES string of the molecule is COc1ccc2c(c1)C(C=O)=CC(C)(C)CO2. The number of hydrogen-bond acceptors (Lipinski definition) is 3. The fourth-order valence-corrected chi connectivity index (χ4v) is 1.89. The Labute approximate surface area is 101 Å². The average molecular weight is 232 g/mol. The van der Waals surface area contributed by atoms with Crippen molar-refractivity contribution in [3.05, 3.63) is 29.8 Å². The monoisotopic (exact) mass is 232 g/mol. The van der Waals surface area contributed by atoms with E-state index < -0.39 is 0 Å². The number of allylic oxidation sites excluding steroid dienone is 1.